The highest BCUT2D eigenvalue weighted by Gasteiger charge is 2.31. The van der Waals surface area contributed by atoms with Crippen LogP contribution < -0.4 is 15.4 Å². The van der Waals surface area contributed by atoms with Gasteiger partial charge in [-0.25, -0.2) is 0 Å². The van der Waals surface area contributed by atoms with Gasteiger partial charge < -0.3 is 15.4 Å². The van der Waals surface area contributed by atoms with Crippen LogP contribution in [0.2, 0.25) is 0 Å². The van der Waals surface area contributed by atoms with Gasteiger partial charge in [0.2, 0.25) is 0 Å². The van der Waals surface area contributed by atoms with E-state index in [1.165, 1.54) is 29.3 Å². The summed E-state index contributed by atoms with van der Waals surface area (Å²) in [4.78, 5) is 0. The van der Waals surface area contributed by atoms with Crippen molar-refractivity contribution < 1.29 is 17.9 Å². The first-order chi connectivity index (χ1) is 11.4. The van der Waals surface area contributed by atoms with E-state index in [0.29, 0.717) is 17.6 Å². The molecule has 128 valence electrons. The minimum atomic E-state index is -4.72. The average Bonchev–Trinajstić information content (AvgIpc) is 3.10. The maximum absolute atomic E-state index is 12.0. The van der Waals surface area contributed by atoms with Gasteiger partial charge in [-0.2, -0.15) is 0 Å². The molecule has 2 aliphatic rings. The van der Waals surface area contributed by atoms with Gasteiger partial charge in [-0.1, -0.05) is 40.2 Å². The van der Waals surface area contributed by atoms with Gasteiger partial charge in [0.05, 0.1) is 0 Å². The second kappa shape index (κ2) is 8.05. The monoisotopic (exact) mass is 401 g/mol. The Kier molecular flexibility index (Phi) is 6.08. The van der Waals surface area contributed by atoms with Crippen LogP contribution >= 0.6 is 15.9 Å². The predicted molar refractivity (Wildman–Crippen MR) is 91.7 cm³/mol. The van der Waals surface area contributed by atoms with Crippen LogP contribution in [0, 0.1) is 5.41 Å². The molecule has 24 heavy (non-hydrogen) atoms. The molecule has 0 aromatic heterocycles. The average molecular weight is 402 g/mol. The summed E-state index contributed by atoms with van der Waals surface area (Å²) < 4.78 is 39.8. The second-order valence-corrected chi connectivity index (χ2v) is 5.57. The summed E-state index contributed by atoms with van der Waals surface area (Å²) in [5, 5.41) is 13.5. The van der Waals surface area contributed by atoms with E-state index in [0.717, 1.165) is 6.07 Å². The smallest absolute Gasteiger partial charge is 0.406 e. The fourth-order valence-corrected chi connectivity index (χ4v) is 2.01. The topological polar surface area (TPSA) is 57.1 Å². The van der Waals surface area contributed by atoms with E-state index in [2.05, 4.69) is 55.6 Å². The zero-order chi connectivity index (χ0) is 17.6. The molecule has 0 bridgehead atoms. The van der Waals surface area contributed by atoms with Gasteiger partial charge in [-0.15, -0.1) is 13.2 Å². The third-order valence-electron chi connectivity index (χ3n) is 2.85. The first-order valence-corrected chi connectivity index (χ1v) is 8.11. The minimum Gasteiger partial charge on any atom is -0.406 e. The van der Waals surface area contributed by atoms with Crippen LogP contribution in [-0.4, -0.2) is 24.2 Å². The lowest BCUT2D eigenvalue weighted by molar-refractivity contribution is -0.274. The fourth-order valence-electron chi connectivity index (χ4n) is 1.81. The number of ether oxygens (including phenoxy) is 1. The number of rotatable bonds is 4. The number of hydrogen-bond donors (Lipinski definition) is 3. The minimum absolute atomic E-state index is 0.00129. The fraction of sp³-hybridized carbons (Fsp3) is 0.188. The van der Waals surface area contributed by atoms with E-state index in [9.17, 15) is 13.2 Å². The van der Waals surface area contributed by atoms with Crippen molar-refractivity contribution in [1.29, 1.82) is 5.41 Å². The molecule has 3 rings (SSSR count). The van der Waals surface area contributed by atoms with Crippen molar-refractivity contribution in [3.63, 3.8) is 0 Å². The van der Waals surface area contributed by atoms with Crippen molar-refractivity contribution in [1.82, 2.24) is 5.32 Å². The summed E-state index contributed by atoms with van der Waals surface area (Å²) in [6.07, 6.45) is -4.72. The lowest BCUT2D eigenvalue weighted by Gasteiger charge is -2.12. The van der Waals surface area contributed by atoms with E-state index in [1.54, 1.807) is 0 Å². The Morgan fingerprint density at radius 2 is 1.75 bits per heavy atom. The van der Waals surface area contributed by atoms with Gasteiger partial charge in [0.15, 0.2) is 5.96 Å². The van der Waals surface area contributed by atoms with Crippen molar-refractivity contribution in [3.8, 4) is 16.9 Å². The van der Waals surface area contributed by atoms with Crippen molar-refractivity contribution in [3.05, 3.63) is 48.5 Å². The van der Waals surface area contributed by atoms with Gasteiger partial charge in [0.25, 0.3) is 0 Å². The summed E-state index contributed by atoms with van der Waals surface area (Å²) in [6, 6.07) is 13.8. The highest BCUT2D eigenvalue weighted by atomic mass is 79.9. The van der Waals surface area contributed by atoms with Crippen LogP contribution in [0.1, 0.15) is 0 Å². The van der Waals surface area contributed by atoms with E-state index in [-0.39, 0.29) is 11.7 Å². The molecule has 0 heterocycles. The lowest BCUT2D eigenvalue weighted by atomic mass is 10.3. The Hall–Kier alpha value is -2.22. The third-order valence-corrected chi connectivity index (χ3v) is 3.24. The second-order valence-electron chi connectivity index (χ2n) is 4.77. The largest absolute Gasteiger partial charge is 0.573 e. The van der Waals surface area contributed by atoms with E-state index in [1.807, 2.05) is 0 Å². The number of anilines is 1. The van der Waals surface area contributed by atoms with Crippen molar-refractivity contribution in [2.75, 3.05) is 17.2 Å². The summed E-state index contributed by atoms with van der Waals surface area (Å²) in [7, 11) is 0. The van der Waals surface area contributed by atoms with Crippen LogP contribution in [0.4, 0.5) is 18.9 Å². The highest BCUT2D eigenvalue weighted by Crippen LogP contribution is 2.32. The van der Waals surface area contributed by atoms with Gasteiger partial charge in [-0.3, -0.25) is 5.41 Å². The summed E-state index contributed by atoms with van der Waals surface area (Å²) in [6.45, 7) is 0.532. The molecule has 8 heteroatoms. The van der Waals surface area contributed by atoms with Gasteiger partial charge in [0.1, 0.15) is 5.75 Å². The Morgan fingerprint density at radius 1 is 1.08 bits per heavy atom. The molecule has 0 atom stereocenters. The molecule has 0 radical (unpaired) electrons. The van der Waals surface area contributed by atoms with E-state index >= 15 is 0 Å². The molecule has 0 saturated heterocycles. The molecular formula is C16H15BrF3N3O. The Morgan fingerprint density at radius 3 is 2.25 bits per heavy atom. The maximum atomic E-state index is 12.0. The first-order valence-electron chi connectivity index (χ1n) is 6.99. The number of alkyl halides is 4. The van der Waals surface area contributed by atoms with Crippen LogP contribution in [-0.2, 0) is 0 Å². The number of hydrogen-bond acceptors (Lipinski definition) is 2. The van der Waals surface area contributed by atoms with E-state index < -0.39 is 6.36 Å². The number of halogens is 4. The standard InChI is InChI=1S/C10H11BrF3N3O.C6H4/c11-4-5-16-9(15)17-7-2-1-3-8(6-7)18-10(12,13)14;1-2-5-4-6(5)3-1/h1-3,6H,4-5H2,(H3,15,16,17);1-4H. The van der Waals surface area contributed by atoms with Crippen molar-refractivity contribution in [2.45, 2.75) is 6.36 Å². The number of benzene rings is 2. The highest BCUT2D eigenvalue weighted by molar-refractivity contribution is 9.09. The molecular weight excluding hydrogens is 387 g/mol. The Labute approximate surface area is 145 Å². The Balaban J connectivity index is 0.000000282. The Bertz CT molecular complexity index is 690. The van der Waals surface area contributed by atoms with Gasteiger partial charge in [0, 0.05) is 23.6 Å². The van der Waals surface area contributed by atoms with Gasteiger partial charge >= 0.3 is 6.36 Å². The molecule has 3 N–H and O–H groups in total. The first kappa shape index (κ1) is 18.1. The van der Waals surface area contributed by atoms with Gasteiger partial charge in [-0.05, 0) is 29.3 Å². The molecule has 0 saturated carbocycles. The molecule has 4 nitrogen and oxygen atoms in total. The molecule has 0 fully saturated rings. The summed E-state index contributed by atoms with van der Waals surface area (Å²) >= 11 is 3.18. The zero-order valence-electron chi connectivity index (χ0n) is 12.5. The molecule has 0 aliphatic heterocycles. The summed E-state index contributed by atoms with van der Waals surface area (Å²) in [5.41, 5.74) is 3.19. The number of fused-ring (bicyclic) bond motifs is 1. The SMILES string of the molecule is N=C(NCCBr)Nc1cccc(OC(F)(F)F)c1.c1cc2cc-2c1. The molecule has 0 unspecified atom stereocenters. The van der Waals surface area contributed by atoms with Crippen LogP contribution in [0.3, 0.4) is 0 Å². The quantitative estimate of drug-likeness (QED) is 0.340. The number of nitrogens with one attached hydrogen (secondary N) is 3. The summed E-state index contributed by atoms with van der Waals surface area (Å²) in [5.74, 6) is -0.334. The third kappa shape index (κ3) is 6.49. The lowest BCUT2D eigenvalue weighted by Crippen LogP contribution is -2.30. The van der Waals surface area contributed by atoms with Crippen LogP contribution in [0.5, 0.6) is 5.75 Å². The normalized spacial score (nSPS) is 11.0. The van der Waals surface area contributed by atoms with Crippen LogP contribution in [0.25, 0.3) is 11.1 Å². The van der Waals surface area contributed by atoms with Crippen molar-refractivity contribution in [2.24, 2.45) is 0 Å². The zero-order valence-corrected chi connectivity index (χ0v) is 14.0. The van der Waals surface area contributed by atoms with Crippen LogP contribution in [0.15, 0.2) is 48.5 Å². The van der Waals surface area contributed by atoms with Crippen molar-refractivity contribution >= 4 is 27.6 Å². The predicted octanol–water partition coefficient (Wildman–Crippen LogP) is 4.58. The molecule has 0 amide bonds. The molecule has 2 aliphatic carbocycles. The molecule has 0 spiro atoms. The molecule has 1 aromatic carbocycles. The molecule has 1 aromatic rings. The number of guanidine groups is 1. The maximum Gasteiger partial charge on any atom is 0.573 e. The van der Waals surface area contributed by atoms with E-state index in [4.69, 9.17) is 5.41 Å².